The highest BCUT2D eigenvalue weighted by Gasteiger charge is 2.39. The smallest absolute Gasteiger partial charge is 0.266 e. The number of nitrogens with one attached hydrogen (secondary N) is 1. The van der Waals surface area contributed by atoms with Crippen LogP contribution in [0.2, 0.25) is 0 Å². The zero-order chi connectivity index (χ0) is 19.9. The van der Waals surface area contributed by atoms with Gasteiger partial charge in [0.25, 0.3) is 5.56 Å². The molecule has 148 valence electrons. The Balaban J connectivity index is 1.61. The maximum absolute atomic E-state index is 12.8. The number of amides is 1. The molecule has 1 aliphatic rings. The average Bonchev–Trinajstić information content (AvgIpc) is 3.22. The Kier molecular flexibility index (Phi) is 4.77. The Morgan fingerprint density at radius 3 is 2.79 bits per heavy atom. The van der Waals surface area contributed by atoms with Crippen molar-refractivity contribution in [3.05, 3.63) is 33.0 Å². The molecule has 1 N–H and O–H groups in total. The molecule has 0 aromatic carbocycles. The number of halogens is 1. The summed E-state index contributed by atoms with van der Waals surface area (Å²) >= 11 is 3.28. The third kappa shape index (κ3) is 3.23. The van der Waals surface area contributed by atoms with E-state index in [1.807, 2.05) is 0 Å². The molecule has 0 atom stereocenters. The van der Waals surface area contributed by atoms with Gasteiger partial charge in [-0.15, -0.1) is 0 Å². The molecule has 0 unspecified atom stereocenters. The minimum absolute atomic E-state index is 0.151. The van der Waals surface area contributed by atoms with Crippen LogP contribution in [0.1, 0.15) is 43.8 Å². The molecule has 11 heteroatoms. The van der Waals surface area contributed by atoms with Gasteiger partial charge in [-0.2, -0.15) is 10.1 Å². The van der Waals surface area contributed by atoms with Crippen molar-refractivity contribution in [3.63, 3.8) is 0 Å². The van der Waals surface area contributed by atoms with E-state index < -0.39 is 5.54 Å². The van der Waals surface area contributed by atoms with Gasteiger partial charge in [-0.1, -0.05) is 24.4 Å². The summed E-state index contributed by atoms with van der Waals surface area (Å²) in [5.41, 5.74) is -0.531. The van der Waals surface area contributed by atoms with Gasteiger partial charge in [0.1, 0.15) is 28.4 Å². The Hall–Kier alpha value is -2.56. The molecular formula is C17H20BrN7O3. The van der Waals surface area contributed by atoms with Crippen LogP contribution in [0.3, 0.4) is 0 Å². The lowest BCUT2D eigenvalue weighted by atomic mass is 9.81. The molecule has 0 bridgehead atoms. The maximum Gasteiger partial charge on any atom is 0.266 e. The second-order valence-corrected chi connectivity index (χ2v) is 7.87. The molecule has 0 saturated heterocycles. The number of hydrogen-bond acceptors (Lipinski definition) is 7. The van der Waals surface area contributed by atoms with Crippen molar-refractivity contribution in [3.8, 4) is 0 Å². The van der Waals surface area contributed by atoms with Gasteiger partial charge in [0.05, 0.1) is 0 Å². The van der Waals surface area contributed by atoms with Crippen LogP contribution in [-0.2, 0) is 23.9 Å². The molecule has 10 nitrogen and oxygen atoms in total. The monoisotopic (exact) mass is 449 g/mol. The molecule has 1 fully saturated rings. The molecule has 28 heavy (non-hydrogen) atoms. The highest BCUT2D eigenvalue weighted by Crippen LogP contribution is 2.35. The molecule has 3 aromatic heterocycles. The van der Waals surface area contributed by atoms with E-state index in [1.54, 1.807) is 14.0 Å². The van der Waals surface area contributed by atoms with Crippen molar-refractivity contribution >= 4 is 32.9 Å². The fraction of sp³-hybridized carbons (Fsp3) is 0.529. The minimum Gasteiger partial charge on any atom is -0.342 e. The van der Waals surface area contributed by atoms with Crippen LogP contribution in [0.4, 0.5) is 0 Å². The number of aryl methyl sites for hydroxylation is 2. The van der Waals surface area contributed by atoms with Crippen LogP contribution in [0.25, 0.3) is 11.0 Å². The standard InChI is InChI=1S/C17H20BrN7O3/c1-10-20-16(23-28-10)17(6-4-3-5-7-17)21-11(26)8-25-9-19-14-12(15(25)27)13(18)22-24(14)2/h9H,3-8H2,1-2H3,(H,21,26). The Morgan fingerprint density at radius 2 is 2.11 bits per heavy atom. The van der Waals surface area contributed by atoms with E-state index in [2.05, 4.69) is 41.5 Å². The number of hydrogen-bond donors (Lipinski definition) is 1. The molecule has 4 rings (SSSR count). The van der Waals surface area contributed by atoms with E-state index in [9.17, 15) is 9.59 Å². The summed E-state index contributed by atoms with van der Waals surface area (Å²) in [7, 11) is 1.70. The van der Waals surface area contributed by atoms with Crippen LogP contribution in [-0.4, -0.2) is 35.4 Å². The predicted molar refractivity (Wildman–Crippen MR) is 102 cm³/mol. The minimum atomic E-state index is -0.664. The SMILES string of the molecule is Cc1nc(C2(NC(=O)Cn3cnc4c(c(Br)nn4C)c3=O)CCCCC2)no1. The first-order valence-corrected chi connectivity index (χ1v) is 9.88. The van der Waals surface area contributed by atoms with Crippen molar-refractivity contribution in [1.82, 2.24) is 34.8 Å². The lowest BCUT2D eigenvalue weighted by Gasteiger charge is -2.35. The second-order valence-electron chi connectivity index (χ2n) is 7.12. The van der Waals surface area contributed by atoms with Crippen molar-refractivity contribution in [2.75, 3.05) is 0 Å². The Morgan fingerprint density at radius 1 is 1.36 bits per heavy atom. The average molecular weight is 450 g/mol. The third-order valence-electron chi connectivity index (χ3n) is 5.12. The van der Waals surface area contributed by atoms with Gasteiger partial charge in [0.2, 0.25) is 11.8 Å². The van der Waals surface area contributed by atoms with Crippen molar-refractivity contribution in [2.45, 2.75) is 51.1 Å². The van der Waals surface area contributed by atoms with E-state index in [4.69, 9.17) is 4.52 Å². The number of fused-ring (bicyclic) bond motifs is 1. The summed E-state index contributed by atoms with van der Waals surface area (Å²) in [5, 5.41) is 11.6. The summed E-state index contributed by atoms with van der Waals surface area (Å²) in [6.45, 7) is 1.57. The number of rotatable bonds is 4. The molecule has 0 radical (unpaired) electrons. The van der Waals surface area contributed by atoms with Crippen LogP contribution in [0.5, 0.6) is 0 Å². The number of aromatic nitrogens is 6. The van der Waals surface area contributed by atoms with Crippen molar-refractivity contribution < 1.29 is 9.32 Å². The molecule has 1 amide bonds. The van der Waals surface area contributed by atoms with Gasteiger partial charge in [0, 0.05) is 14.0 Å². The van der Waals surface area contributed by atoms with Crippen LogP contribution in [0, 0.1) is 6.92 Å². The van der Waals surface area contributed by atoms with E-state index in [0.29, 0.717) is 27.4 Å². The van der Waals surface area contributed by atoms with E-state index in [0.717, 1.165) is 32.1 Å². The summed E-state index contributed by atoms with van der Waals surface area (Å²) in [5.74, 6) is 0.656. The summed E-state index contributed by atoms with van der Waals surface area (Å²) in [6.07, 6.45) is 5.86. The Bertz CT molecular complexity index is 1090. The van der Waals surface area contributed by atoms with Crippen LogP contribution >= 0.6 is 15.9 Å². The summed E-state index contributed by atoms with van der Waals surface area (Å²) < 4.78 is 8.33. The molecule has 0 aliphatic heterocycles. The molecule has 3 aromatic rings. The fourth-order valence-corrected chi connectivity index (χ4v) is 4.35. The van der Waals surface area contributed by atoms with Gasteiger partial charge in [0.15, 0.2) is 11.5 Å². The topological polar surface area (TPSA) is 121 Å². The number of carbonyl (C=O) groups excluding carboxylic acids is 1. The molecule has 1 aliphatic carbocycles. The van der Waals surface area contributed by atoms with Crippen LogP contribution in [0.15, 0.2) is 20.2 Å². The number of carbonyl (C=O) groups is 1. The summed E-state index contributed by atoms with van der Waals surface area (Å²) in [6, 6.07) is 0. The molecule has 1 saturated carbocycles. The number of nitrogens with zero attached hydrogens (tertiary/aromatic N) is 6. The van der Waals surface area contributed by atoms with Crippen molar-refractivity contribution in [2.24, 2.45) is 7.05 Å². The first-order chi connectivity index (χ1) is 13.4. The lowest BCUT2D eigenvalue weighted by molar-refractivity contribution is -0.124. The van der Waals surface area contributed by atoms with E-state index in [1.165, 1.54) is 15.6 Å². The fourth-order valence-electron chi connectivity index (χ4n) is 3.76. The molecule has 3 heterocycles. The predicted octanol–water partition coefficient (Wildman–Crippen LogP) is 1.56. The first kappa shape index (κ1) is 18.8. The normalized spacial score (nSPS) is 16.4. The zero-order valence-corrected chi connectivity index (χ0v) is 17.2. The zero-order valence-electron chi connectivity index (χ0n) is 15.6. The van der Waals surface area contributed by atoms with E-state index in [-0.39, 0.29) is 18.0 Å². The second kappa shape index (κ2) is 7.12. The van der Waals surface area contributed by atoms with Gasteiger partial charge in [-0.25, -0.2) is 9.67 Å². The highest BCUT2D eigenvalue weighted by atomic mass is 79.9. The third-order valence-corrected chi connectivity index (χ3v) is 5.68. The van der Waals surface area contributed by atoms with Crippen LogP contribution < -0.4 is 10.9 Å². The molecule has 0 spiro atoms. The first-order valence-electron chi connectivity index (χ1n) is 9.09. The van der Waals surface area contributed by atoms with E-state index >= 15 is 0 Å². The van der Waals surface area contributed by atoms with Gasteiger partial charge < -0.3 is 9.84 Å². The van der Waals surface area contributed by atoms with Crippen molar-refractivity contribution in [1.29, 1.82) is 0 Å². The highest BCUT2D eigenvalue weighted by molar-refractivity contribution is 9.10. The molecular weight excluding hydrogens is 430 g/mol. The van der Waals surface area contributed by atoms with Gasteiger partial charge in [-0.05, 0) is 28.8 Å². The lowest BCUT2D eigenvalue weighted by Crippen LogP contribution is -2.49. The van der Waals surface area contributed by atoms with Gasteiger partial charge in [-0.3, -0.25) is 14.2 Å². The Labute approximate surface area is 168 Å². The summed E-state index contributed by atoms with van der Waals surface area (Å²) in [4.78, 5) is 34.2. The maximum atomic E-state index is 12.8. The van der Waals surface area contributed by atoms with Gasteiger partial charge >= 0.3 is 0 Å². The quantitative estimate of drug-likeness (QED) is 0.641. The largest absolute Gasteiger partial charge is 0.342 e.